The molecular formula is C37H50FN5O9S. The van der Waals surface area contributed by atoms with Crippen LogP contribution in [-0.4, -0.2) is 88.7 Å². The van der Waals surface area contributed by atoms with Gasteiger partial charge in [-0.2, -0.15) is 0 Å². The van der Waals surface area contributed by atoms with Crippen molar-refractivity contribution >= 4 is 39.9 Å². The molecule has 0 unspecified atom stereocenters. The zero-order valence-corrected chi connectivity index (χ0v) is 31.6. The van der Waals surface area contributed by atoms with Crippen molar-refractivity contribution in [2.75, 3.05) is 6.54 Å². The molecule has 290 valence electrons. The molecule has 3 aliphatic heterocycles. The second kappa shape index (κ2) is 14.6. The lowest BCUT2D eigenvalue weighted by Crippen LogP contribution is -2.58. The Balaban J connectivity index is 1.26. The van der Waals surface area contributed by atoms with Crippen molar-refractivity contribution in [1.29, 1.82) is 0 Å². The molecule has 1 saturated heterocycles. The number of halogens is 1. The van der Waals surface area contributed by atoms with Gasteiger partial charge in [-0.25, -0.2) is 22.4 Å². The fourth-order valence-corrected chi connectivity index (χ4v) is 9.28. The third-order valence-electron chi connectivity index (χ3n) is 11.0. The van der Waals surface area contributed by atoms with Gasteiger partial charge in [-0.15, -0.1) is 0 Å². The molecular weight excluding hydrogens is 709 g/mol. The number of carbonyl (C=O) groups excluding carboxylic acids is 5. The average molecular weight is 760 g/mol. The van der Waals surface area contributed by atoms with Crippen molar-refractivity contribution in [2.45, 2.75) is 139 Å². The van der Waals surface area contributed by atoms with Crippen LogP contribution in [0.25, 0.3) is 0 Å². The minimum atomic E-state index is -4.03. The number of rotatable bonds is 6. The molecule has 3 N–H and O–H groups in total. The molecule has 1 aromatic rings. The van der Waals surface area contributed by atoms with E-state index in [-0.39, 0.29) is 38.9 Å². The molecule has 0 aromatic heterocycles. The lowest BCUT2D eigenvalue weighted by molar-refractivity contribution is -0.141. The lowest BCUT2D eigenvalue weighted by Gasteiger charge is -2.30. The van der Waals surface area contributed by atoms with Crippen molar-refractivity contribution in [1.82, 2.24) is 25.2 Å². The van der Waals surface area contributed by atoms with Gasteiger partial charge in [0.1, 0.15) is 35.1 Å². The van der Waals surface area contributed by atoms with E-state index in [2.05, 4.69) is 15.4 Å². The topological polar surface area (TPSA) is 181 Å². The Hall–Kier alpha value is -4.21. The van der Waals surface area contributed by atoms with E-state index in [9.17, 15) is 36.8 Å². The fourth-order valence-electron chi connectivity index (χ4n) is 7.62. The van der Waals surface area contributed by atoms with Gasteiger partial charge in [-0.1, -0.05) is 44.1 Å². The largest absolute Gasteiger partial charge is 0.444 e. The van der Waals surface area contributed by atoms with Crippen molar-refractivity contribution in [3.8, 4) is 0 Å². The van der Waals surface area contributed by atoms with E-state index in [1.54, 1.807) is 39.8 Å². The summed E-state index contributed by atoms with van der Waals surface area (Å²) in [6.07, 6.45) is 5.42. The maximum absolute atomic E-state index is 14.4. The quantitative estimate of drug-likeness (QED) is 0.363. The first-order valence-corrected chi connectivity index (χ1v) is 20.0. The first kappa shape index (κ1) is 38.5. The van der Waals surface area contributed by atoms with Crippen LogP contribution >= 0.6 is 0 Å². The SMILES string of the molecule is CCC1(S(=O)(=O)NC(=O)[C@@]23C[C@H]2/C=C\CCCCC[C@H](NC(=O)OC(C)(C)C)C(=O)N2C[C@H](OC(=O)N4Cc5cccc(F)c5C4)C[C@H]2C(=O)N3)CC1. The summed E-state index contributed by atoms with van der Waals surface area (Å²) in [5.41, 5.74) is -1.38. The van der Waals surface area contributed by atoms with Gasteiger partial charge in [0.05, 0.1) is 17.8 Å². The average Bonchev–Trinajstić information content (AvgIpc) is 3.92. The Labute approximate surface area is 309 Å². The number of ether oxygens (including phenoxy) is 2. The molecule has 2 aliphatic carbocycles. The molecule has 0 spiro atoms. The van der Waals surface area contributed by atoms with E-state index in [1.165, 1.54) is 15.9 Å². The molecule has 2 saturated carbocycles. The first-order valence-electron chi connectivity index (χ1n) is 18.5. The van der Waals surface area contributed by atoms with Crippen molar-refractivity contribution in [3.63, 3.8) is 0 Å². The zero-order valence-electron chi connectivity index (χ0n) is 30.7. The summed E-state index contributed by atoms with van der Waals surface area (Å²) in [4.78, 5) is 71.3. The Bertz CT molecular complexity index is 1790. The van der Waals surface area contributed by atoms with E-state index >= 15 is 0 Å². The highest BCUT2D eigenvalue weighted by atomic mass is 32.2. The summed E-state index contributed by atoms with van der Waals surface area (Å²) < 4.78 is 53.5. The molecule has 1 aromatic carbocycles. The van der Waals surface area contributed by atoms with E-state index in [0.717, 1.165) is 12.8 Å². The number of hydrogen-bond donors (Lipinski definition) is 3. The fraction of sp³-hybridized carbons (Fsp3) is 0.649. The summed E-state index contributed by atoms with van der Waals surface area (Å²) in [5, 5.41) is 5.48. The predicted molar refractivity (Wildman–Crippen MR) is 190 cm³/mol. The summed E-state index contributed by atoms with van der Waals surface area (Å²) in [6, 6.07) is 2.29. The molecule has 0 radical (unpaired) electrons. The maximum atomic E-state index is 14.4. The number of nitrogens with zero attached hydrogens (tertiary/aromatic N) is 2. The number of benzene rings is 1. The Morgan fingerprint density at radius 2 is 1.85 bits per heavy atom. The maximum Gasteiger partial charge on any atom is 0.410 e. The minimum Gasteiger partial charge on any atom is -0.444 e. The highest BCUT2D eigenvalue weighted by Gasteiger charge is 2.63. The summed E-state index contributed by atoms with van der Waals surface area (Å²) in [7, 11) is -4.03. The van der Waals surface area contributed by atoms with Gasteiger partial charge < -0.3 is 25.0 Å². The van der Waals surface area contributed by atoms with E-state index in [4.69, 9.17) is 9.47 Å². The molecule has 3 fully saturated rings. The van der Waals surface area contributed by atoms with Gasteiger partial charge in [0.25, 0.3) is 5.91 Å². The molecule has 14 nitrogen and oxygen atoms in total. The Morgan fingerprint density at radius 1 is 1.09 bits per heavy atom. The molecule has 53 heavy (non-hydrogen) atoms. The highest BCUT2D eigenvalue weighted by Crippen LogP contribution is 2.49. The number of hydrogen-bond acceptors (Lipinski definition) is 9. The molecule has 5 aliphatic rings. The monoisotopic (exact) mass is 759 g/mol. The van der Waals surface area contributed by atoms with Crippen molar-refractivity contribution < 1.29 is 46.3 Å². The molecule has 3 heterocycles. The molecule has 16 heteroatoms. The van der Waals surface area contributed by atoms with Gasteiger partial charge in [0.15, 0.2) is 0 Å². The summed E-state index contributed by atoms with van der Waals surface area (Å²) in [6.45, 7) is 6.77. The number of carbonyl (C=O) groups is 5. The van der Waals surface area contributed by atoms with Crippen molar-refractivity contribution in [2.24, 2.45) is 5.92 Å². The van der Waals surface area contributed by atoms with Gasteiger partial charge in [0, 0.05) is 24.4 Å². The minimum absolute atomic E-state index is 0.00321. The summed E-state index contributed by atoms with van der Waals surface area (Å²) in [5.74, 6) is -3.07. The number of allylic oxidation sites excluding steroid dienone is 1. The number of nitrogens with one attached hydrogen (secondary N) is 3. The normalized spacial score (nSPS) is 28.9. The molecule has 5 amide bonds. The van der Waals surface area contributed by atoms with Crippen LogP contribution in [0.1, 0.15) is 103 Å². The van der Waals surface area contributed by atoms with Crippen LogP contribution < -0.4 is 15.4 Å². The van der Waals surface area contributed by atoms with Crippen molar-refractivity contribution in [3.05, 3.63) is 47.3 Å². The number of amides is 5. The highest BCUT2D eigenvalue weighted by molar-refractivity contribution is 7.91. The Morgan fingerprint density at radius 3 is 2.53 bits per heavy atom. The number of fused-ring (bicyclic) bond motifs is 3. The zero-order chi connectivity index (χ0) is 38.3. The molecule has 6 rings (SSSR count). The molecule has 5 atom stereocenters. The second-order valence-corrected chi connectivity index (χ2v) is 18.1. The second-order valence-electron chi connectivity index (χ2n) is 16.0. The van der Waals surface area contributed by atoms with Gasteiger partial charge in [-0.05, 0) is 77.3 Å². The predicted octanol–water partition coefficient (Wildman–Crippen LogP) is 3.92. The standard InChI is InChI=1S/C37H50FN5O9S/c1-5-36(16-17-36)53(49,50)41-32(46)37-19-24(37)13-9-7-6-8-10-15-28(39-33(47)52-35(2,3)4)31(45)43-21-25(18-29(43)30(44)40-37)51-34(48)42-20-23-12-11-14-27(38)26(23)22-42/h9,11-14,24-25,28-29H,5-8,10,15-22H2,1-4H3,(H,39,47)(H,40,44)(H,41,46)/b13-9-/t24-,25-,28+,29+,37-/m1/s1. The van der Waals surface area contributed by atoms with Gasteiger partial charge in [0.2, 0.25) is 21.8 Å². The first-order chi connectivity index (χ1) is 25.0. The number of sulfonamides is 1. The third kappa shape index (κ3) is 8.16. The van der Waals surface area contributed by atoms with E-state index < -0.39 is 85.7 Å². The van der Waals surface area contributed by atoms with Gasteiger partial charge >= 0.3 is 12.2 Å². The van der Waals surface area contributed by atoms with E-state index in [1.807, 2.05) is 12.2 Å². The van der Waals surface area contributed by atoms with Crippen LogP contribution in [-0.2, 0) is 47.0 Å². The van der Waals surface area contributed by atoms with Crippen LogP contribution in [0.4, 0.5) is 14.0 Å². The number of alkyl carbamates (subject to hydrolysis) is 1. The van der Waals surface area contributed by atoms with Crippen LogP contribution in [0.5, 0.6) is 0 Å². The lowest BCUT2D eigenvalue weighted by atomic mass is 10.0. The Kier molecular flexibility index (Phi) is 10.6. The molecule has 0 bridgehead atoms. The van der Waals surface area contributed by atoms with Crippen LogP contribution in [0.15, 0.2) is 30.4 Å². The van der Waals surface area contributed by atoms with Gasteiger partial charge in [-0.3, -0.25) is 24.0 Å². The van der Waals surface area contributed by atoms with Crippen LogP contribution in [0.2, 0.25) is 0 Å². The smallest absolute Gasteiger partial charge is 0.410 e. The van der Waals surface area contributed by atoms with Crippen LogP contribution in [0, 0.1) is 11.7 Å². The third-order valence-corrected chi connectivity index (χ3v) is 13.3. The summed E-state index contributed by atoms with van der Waals surface area (Å²) >= 11 is 0. The van der Waals surface area contributed by atoms with Crippen LogP contribution in [0.3, 0.4) is 0 Å². The van der Waals surface area contributed by atoms with E-state index in [0.29, 0.717) is 43.2 Å².